The van der Waals surface area contributed by atoms with Crippen LogP contribution < -0.4 is 0 Å². The van der Waals surface area contributed by atoms with Crippen molar-refractivity contribution >= 4 is 43.2 Å². The minimum absolute atomic E-state index is 0.329. The lowest BCUT2D eigenvalue weighted by atomic mass is 10.2. The molecule has 0 spiro atoms. The number of halogens is 2. The van der Waals surface area contributed by atoms with E-state index in [2.05, 4.69) is 55.1 Å². The molecule has 0 aromatic carbocycles. The van der Waals surface area contributed by atoms with Crippen molar-refractivity contribution < 1.29 is 4.74 Å². The number of hydrogen-bond donors (Lipinski definition) is 0. The van der Waals surface area contributed by atoms with Crippen LogP contribution in [0.5, 0.6) is 0 Å². The lowest BCUT2D eigenvalue weighted by Gasteiger charge is -2.37. The van der Waals surface area contributed by atoms with Crippen LogP contribution in [0.25, 0.3) is 0 Å². The average Bonchev–Trinajstić information content (AvgIpc) is 2.68. The predicted molar refractivity (Wildman–Crippen MR) is 75.4 cm³/mol. The minimum atomic E-state index is 0.329. The lowest BCUT2D eigenvalue weighted by Crippen LogP contribution is -2.48. The van der Waals surface area contributed by atoms with Crippen LogP contribution in [-0.4, -0.2) is 35.5 Å². The molecule has 1 aromatic rings. The van der Waals surface area contributed by atoms with Gasteiger partial charge in [0.2, 0.25) is 0 Å². The van der Waals surface area contributed by atoms with Crippen molar-refractivity contribution in [3.05, 3.63) is 20.8 Å². The molecule has 2 heterocycles. The van der Waals surface area contributed by atoms with E-state index in [1.807, 2.05) is 11.3 Å². The fraction of sp³-hybridized carbons (Fsp3) is 0.636. The summed E-state index contributed by atoms with van der Waals surface area (Å²) in [6, 6.07) is 2.62. The number of hydrogen-bond acceptors (Lipinski definition) is 3. The molecule has 0 aliphatic carbocycles. The van der Waals surface area contributed by atoms with Gasteiger partial charge in [0.15, 0.2) is 0 Å². The molecule has 1 aliphatic rings. The van der Waals surface area contributed by atoms with E-state index in [1.54, 1.807) is 0 Å². The predicted octanol–water partition coefficient (Wildman–Crippen LogP) is 3.49. The molecule has 1 saturated heterocycles. The van der Waals surface area contributed by atoms with E-state index in [9.17, 15) is 0 Å². The monoisotopic (exact) mass is 367 g/mol. The van der Waals surface area contributed by atoms with E-state index >= 15 is 0 Å². The second kappa shape index (κ2) is 5.96. The molecule has 0 radical (unpaired) electrons. The summed E-state index contributed by atoms with van der Waals surface area (Å²) in [5.41, 5.74) is 0. The molecule has 90 valence electrons. The van der Waals surface area contributed by atoms with Crippen LogP contribution in [0.3, 0.4) is 0 Å². The summed E-state index contributed by atoms with van der Waals surface area (Å²) in [7, 11) is 0. The summed E-state index contributed by atoms with van der Waals surface area (Å²) in [6.45, 7) is 5.09. The highest BCUT2D eigenvalue weighted by molar-refractivity contribution is 9.10. The van der Waals surface area contributed by atoms with Gasteiger partial charge >= 0.3 is 0 Å². The Morgan fingerprint density at radius 3 is 3.06 bits per heavy atom. The average molecular weight is 369 g/mol. The third kappa shape index (κ3) is 3.07. The second-order valence-electron chi connectivity index (χ2n) is 4.08. The number of alkyl halides is 1. The Labute approximate surface area is 117 Å². The van der Waals surface area contributed by atoms with E-state index in [4.69, 9.17) is 4.74 Å². The number of nitrogens with zero attached hydrogens (tertiary/aromatic N) is 1. The zero-order valence-electron chi connectivity index (χ0n) is 9.16. The summed E-state index contributed by atoms with van der Waals surface area (Å²) in [4.78, 5) is 3.90. The Hall–Kier alpha value is 0.580. The highest BCUT2D eigenvalue weighted by Gasteiger charge is 2.25. The van der Waals surface area contributed by atoms with Crippen molar-refractivity contribution in [1.29, 1.82) is 0 Å². The van der Waals surface area contributed by atoms with E-state index in [1.165, 1.54) is 9.35 Å². The highest BCUT2D eigenvalue weighted by Crippen LogP contribution is 2.26. The van der Waals surface area contributed by atoms with Crippen LogP contribution in [-0.2, 0) is 11.3 Å². The first-order chi connectivity index (χ1) is 7.70. The van der Waals surface area contributed by atoms with Gasteiger partial charge in [0.1, 0.15) is 0 Å². The first-order valence-corrected chi connectivity index (χ1v) is 8.13. The smallest absolute Gasteiger partial charge is 0.0799 e. The first kappa shape index (κ1) is 13.0. The van der Waals surface area contributed by atoms with Gasteiger partial charge in [-0.15, -0.1) is 11.3 Å². The van der Waals surface area contributed by atoms with Crippen molar-refractivity contribution in [2.24, 2.45) is 0 Å². The molecule has 16 heavy (non-hydrogen) atoms. The summed E-state index contributed by atoms with van der Waals surface area (Å²) < 4.78 is 6.95. The molecule has 2 atom stereocenters. The molecule has 0 amide bonds. The Morgan fingerprint density at radius 1 is 1.62 bits per heavy atom. The lowest BCUT2D eigenvalue weighted by molar-refractivity contribution is -0.0496. The second-order valence-corrected chi connectivity index (χ2v) is 6.58. The Bertz CT molecular complexity index is 344. The van der Waals surface area contributed by atoms with E-state index in [0.29, 0.717) is 12.1 Å². The summed E-state index contributed by atoms with van der Waals surface area (Å²) in [5.74, 6) is 0. The molecular weight excluding hydrogens is 354 g/mol. The van der Waals surface area contributed by atoms with Crippen LogP contribution in [0.1, 0.15) is 11.8 Å². The third-order valence-electron chi connectivity index (χ3n) is 2.84. The van der Waals surface area contributed by atoms with Gasteiger partial charge < -0.3 is 4.74 Å². The molecule has 2 unspecified atom stereocenters. The molecule has 0 N–H and O–H groups in total. The van der Waals surface area contributed by atoms with Gasteiger partial charge in [-0.1, -0.05) is 15.9 Å². The van der Waals surface area contributed by atoms with Gasteiger partial charge in [-0.25, -0.2) is 0 Å². The topological polar surface area (TPSA) is 12.5 Å². The van der Waals surface area contributed by atoms with E-state index in [-0.39, 0.29) is 0 Å². The highest BCUT2D eigenvalue weighted by atomic mass is 79.9. The van der Waals surface area contributed by atoms with Gasteiger partial charge in [0, 0.05) is 33.8 Å². The summed E-state index contributed by atoms with van der Waals surface area (Å²) in [5, 5.41) is 3.05. The Morgan fingerprint density at radius 2 is 2.44 bits per heavy atom. The summed E-state index contributed by atoms with van der Waals surface area (Å²) >= 11 is 8.89. The largest absolute Gasteiger partial charge is 0.374 e. The first-order valence-electron chi connectivity index (χ1n) is 5.34. The molecule has 0 bridgehead atoms. The van der Waals surface area contributed by atoms with Crippen LogP contribution in [0.4, 0.5) is 0 Å². The molecule has 2 nitrogen and oxygen atoms in total. The standard InChI is InChI=1S/C11H15Br2NOS/c1-8-7-15-9(4-12)5-14(8)6-11-10(13)2-3-16-11/h2-3,8-9H,4-7H2,1H3. The molecule has 2 rings (SSSR count). The maximum atomic E-state index is 5.72. The van der Waals surface area contributed by atoms with Crippen LogP contribution in [0.2, 0.25) is 0 Å². The van der Waals surface area contributed by atoms with Crippen molar-refractivity contribution in [2.75, 3.05) is 18.5 Å². The molecular formula is C11H15Br2NOS. The Balaban J connectivity index is 1.99. The SMILES string of the molecule is CC1COC(CBr)CN1Cc1sccc1Br. The van der Waals surface area contributed by atoms with Gasteiger partial charge in [0.05, 0.1) is 12.7 Å². The van der Waals surface area contributed by atoms with Crippen molar-refractivity contribution in [2.45, 2.75) is 25.6 Å². The molecule has 1 aliphatic heterocycles. The third-order valence-corrected chi connectivity index (χ3v) is 5.48. The fourth-order valence-electron chi connectivity index (χ4n) is 1.81. The quantitative estimate of drug-likeness (QED) is 0.757. The van der Waals surface area contributed by atoms with Crippen molar-refractivity contribution in [3.63, 3.8) is 0 Å². The van der Waals surface area contributed by atoms with Crippen LogP contribution in [0, 0.1) is 0 Å². The molecule has 5 heteroatoms. The number of thiophene rings is 1. The normalized spacial score (nSPS) is 27.2. The molecule has 1 aromatic heterocycles. The fourth-order valence-corrected chi connectivity index (χ4v) is 3.70. The number of ether oxygens (including phenoxy) is 1. The van der Waals surface area contributed by atoms with Gasteiger partial charge in [-0.2, -0.15) is 0 Å². The van der Waals surface area contributed by atoms with Gasteiger partial charge in [-0.05, 0) is 34.3 Å². The van der Waals surface area contributed by atoms with Crippen LogP contribution >= 0.6 is 43.2 Å². The van der Waals surface area contributed by atoms with E-state index in [0.717, 1.165) is 25.0 Å². The van der Waals surface area contributed by atoms with Crippen molar-refractivity contribution in [3.8, 4) is 0 Å². The molecule has 1 fully saturated rings. The summed E-state index contributed by atoms with van der Waals surface area (Å²) in [6.07, 6.45) is 0.329. The van der Waals surface area contributed by atoms with Gasteiger partial charge in [0.25, 0.3) is 0 Å². The number of rotatable bonds is 3. The zero-order valence-corrected chi connectivity index (χ0v) is 13.1. The minimum Gasteiger partial charge on any atom is -0.374 e. The zero-order chi connectivity index (χ0) is 11.5. The molecule has 0 saturated carbocycles. The number of morpholine rings is 1. The van der Waals surface area contributed by atoms with Crippen LogP contribution in [0.15, 0.2) is 15.9 Å². The van der Waals surface area contributed by atoms with E-state index < -0.39 is 0 Å². The Kier molecular flexibility index (Phi) is 4.85. The maximum Gasteiger partial charge on any atom is 0.0799 e. The van der Waals surface area contributed by atoms with Gasteiger partial charge in [-0.3, -0.25) is 4.90 Å². The van der Waals surface area contributed by atoms with Crippen molar-refractivity contribution in [1.82, 2.24) is 4.90 Å². The maximum absolute atomic E-state index is 5.72.